The number of carbonyl (C=O) groups excluding carboxylic acids is 1. The second kappa shape index (κ2) is 5.49. The molecular formula is C12H19NO4. The molecule has 2 unspecified atom stereocenters. The van der Waals surface area contributed by atoms with Crippen LogP contribution < -0.4 is 0 Å². The first-order valence-electron chi connectivity index (χ1n) is 6.25. The molecule has 2 atom stereocenters. The molecule has 1 amide bonds. The van der Waals surface area contributed by atoms with Crippen molar-refractivity contribution >= 4 is 11.9 Å². The van der Waals surface area contributed by atoms with Crippen LogP contribution in [0.15, 0.2) is 0 Å². The highest BCUT2D eigenvalue weighted by Gasteiger charge is 2.31. The Balaban J connectivity index is 1.88. The summed E-state index contributed by atoms with van der Waals surface area (Å²) in [5, 5.41) is 8.99. The second-order valence-electron chi connectivity index (χ2n) is 4.96. The first-order chi connectivity index (χ1) is 8.16. The van der Waals surface area contributed by atoms with Gasteiger partial charge in [-0.2, -0.15) is 0 Å². The molecule has 2 saturated heterocycles. The van der Waals surface area contributed by atoms with Gasteiger partial charge in [0.1, 0.15) is 0 Å². The molecular weight excluding hydrogens is 222 g/mol. The van der Waals surface area contributed by atoms with Crippen molar-refractivity contribution in [3.05, 3.63) is 0 Å². The van der Waals surface area contributed by atoms with Gasteiger partial charge in [-0.1, -0.05) is 0 Å². The molecule has 0 bridgehead atoms. The average Bonchev–Trinajstić information content (AvgIpc) is 2.33. The standard InChI is InChI=1S/C12H19NO4/c14-11-4-3-10(12(15)16)7-13(11)6-9-2-1-5-17-8-9/h9-10H,1-8H2,(H,15,16). The van der Waals surface area contributed by atoms with Crippen molar-refractivity contribution in [1.82, 2.24) is 4.90 Å². The van der Waals surface area contributed by atoms with Crippen LogP contribution in [0.25, 0.3) is 0 Å². The summed E-state index contributed by atoms with van der Waals surface area (Å²) in [5.74, 6) is -0.715. The third-order valence-electron chi connectivity index (χ3n) is 3.58. The molecule has 5 nitrogen and oxygen atoms in total. The Kier molecular flexibility index (Phi) is 3.99. The van der Waals surface area contributed by atoms with Crippen LogP contribution in [0.2, 0.25) is 0 Å². The summed E-state index contributed by atoms with van der Waals surface area (Å²) in [6.45, 7) is 2.52. The maximum atomic E-state index is 11.7. The van der Waals surface area contributed by atoms with Gasteiger partial charge in [0.15, 0.2) is 0 Å². The lowest BCUT2D eigenvalue weighted by molar-refractivity contribution is -0.148. The zero-order chi connectivity index (χ0) is 12.3. The minimum Gasteiger partial charge on any atom is -0.481 e. The summed E-state index contributed by atoms with van der Waals surface area (Å²) in [6, 6.07) is 0. The molecule has 2 fully saturated rings. The van der Waals surface area contributed by atoms with Crippen molar-refractivity contribution in [2.75, 3.05) is 26.3 Å². The zero-order valence-corrected chi connectivity index (χ0v) is 9.93. The molecule has 1 N–H and O–H groups in total. The van der Waals surface area contributed by atoms with Gasteiger partial charge in [0.2, 0.25) is 5.91 Å². The van der Waals surface area contributed by atoms with E-state index < -0.39 is 11.9 Å². The number of carboxylic acid groups (broad SMARTS) is 1. The number of nitrogens with zero attached hydrogens (tertiary/aromatic N) is 1. The van der Waals surface area contributed by atoms with Gasteiger partial charge in [-0.25, -0.2) is 0 Å². The molecule has 2 rings (SSSR count). The fourth-order valence-electron chi connectivity index (χ4n) is 2.56. The van der Waals surface area contributed by atoms with E-state index in [2.05, 4.69) is 0 Å². The van der Waals surface area contributed by atoms with Gasteiger partial charge in [0.25, 0.3) is 0 Å². The summed E-state index contributed by atoms with van der Waals surface area (Å²) in [5.41, 5.74) is 0. The van der Waals surface area contributed by atoms with Crippen molar-refractivity contribution in [2.45, 2.75) is 25.7 Å². The van der Waals surface area contributed by atoms with Crippen LogP contribution in [0.4, 0.5) is 0 Å². The summed E-state index contributed by atoms with van der Waals surface area (Å²) in [7, 11) is 0. The lowest BCUT2D eigenvalue weighted by atomic mass is 9.95. The Hall–Kier alpha value is -1.10. The second-order valence-corrected chi connectivity index (χ2v) is 4.96. The molecule has 2 aliphatic rings. The normalized spacial score (nSPS) is 30.4. The molecule has 2 heterocycles. The van der Waals surface area contributed by atoms with E-state index in [1.807, 2.05) is 0 Å². The number of hydrogen-bond donors (Lipinski definition) is 1. The van der Waals surface area contributed by atoms with Crippen LogP contribution in [0, 0.1) is 11.8 Å². The highest BCUT2D eigenvalue weighted by atomic mass is 16.5. The lowest BCUT2D eigenvalue weighted by Gasteiger charge is -2.34. The number of hydrogen-bond acceptors (Lipinski definition) is 3. The third kappa shape index (κ3) is 3.19. The zero-order valence-electron chi connectivity index (χ0n) is 9.93. The Bertz CT molecular complexity index is 299. The summed E-state index contributed by atoms with van der Waals surface area (Å²) in [6.07, 6.45) is 2.95. The Morgan fingerprint density at radius 3 is 2.94 bits per heavy atom. The van der Waals surface area contributed by atoms with Crippen molar-refractivity contribution in [2.24, 2.45) is 11.8 Å². The molecule has 0 aromatic heterocycles. The third-order valence-corrected chi connectivity index (χ3v) is 3.58. The minimum absolute atomic E-state index is 0.0908. The van der Waals surface area contributed by atoms with Gasteiger partial charge >= 0.3 is 5.97 Å². The summed E-state index contributed by atoms with van der Waals surface area (Å²) < 4.78 is 5.38. The van der Waals surface area contributed by atoms with E-state index in [1.54, 1.807) is 4.90 Å². The SMILES string of the molecule is O=C(O)C1CCC(=O)N(CC2CCCOC2)C1. The first kappa shape index (κ1) is 12.4. The average molecular weight is 241 g/mol. The van der Waals surface area contributed by atoms with Gasteiger partial charge in [-0.3, -0.25) is 9.59 Å². The highest BCUT2D eigenvalue weighted by molar-refractivity contribution is 5.80. The molecule has 0 aromatic rings. The van der Waals surface area contributed by atoms with Crippen LogP contribution in [-0.2, 0) is 14.3 Å². The van der Waals surface area contributed by atoms with Crippen molar-refractivity contribution in [3.8, 4) is 0 Å². The summed E-state index contributed by atoms with van der Waals surface area (Å²) >= 11 is 0. The van der Waals surface area contributed by atoms with Crippen molar-refractivity contribution in [3.63, 3.8) is 0 Å². The van der Waals surface area contributed by atoms with Crippen LogP contribution in [0.1, 0.15) is 25.7 Å². The van der Waals surface area contributed by atoms with Crippen LogP contribution >= 0.6 is 0 Å². The molecule has 0 aromatic carbocycles. The quantitative estimate of drug-likeness (QED) is 0.791. The fourth-order valence-corrected chi connectivity index (χ4v) is 2.56. The maximum absolute atomic E-state index is 11.7. The highest BCUT2D eigenvalue weighted by Crippen LogP contribution is 2.21. The Morgan fingerprint density at radius 1 is 1.47 bits per heavy atom. The van der Waals surface area contributed by atoms with Crippen molar-refractivity contribution < 1.29 is 19.4 Å². The number of rotatable bonds is 3. The topological polar surface area (TPSA) is 66.8 Å². The van der Waals surface area contributed by atoms with E-state index in [-0.39, 0.29) is 5.91 Å². The van der Waals surface area contributed by atoms with Gasteiger partial charge in [0.05, 0.1) is 12.5 Å². The molecule has 0 spiro atoms. The summed E-state index contributed by atoms with van der Waals surface area (Å²) in [4.78, 5) is 24.4. The molecule has 5 heteroatoms. The van der Waals surface area contributed by atoms with E-state index in [0.29, 0.717) is 38.5 Å². The number of likely N-dealkylation sites (tertiary alicyclic amines) is 1. The maximum Gasteiger partial charge on any atom is 0.308 e. The van der Waals surface area contributed by atoms with Gasteiger partial charge in [-0.15, -0.1) is 0 Å². The molecule has 0 saturated carbocycles. The molecule has 0 aliphatic carbocycles. The number of amides is 1. The number of piperidine rings is 1. The number of carbonyl (C=O) groups is 2. The predicted octanol–water partition coefficient (Wildman–Crippen LogP) is 0.736. The van der Waals surface area contributed by atoms with E-state index in [0.717, 1.165) is 19.4 Å². The molecule has 17 heavy (non-hydrogen) atoms. The van der Waals surface area contributed by atoms with Crippen LogP contribution in [0.5, 0.6) is 0 Å². The van der Waals surface area contributed by atoms with Crippen LogP contribution in [0.3, 0.4) is 0 Å². The van der Waals surface area contributed by atoms with E-state index in [4.69, 9.17) is 9.84 Å². The monoisotopic (exact) mass is 241 g/mol. The lowest BCUT2D eigenvalue weighted by Crippen LogP contribution is -2.45. The minimum atomic E-state index is -0.789. The number of ether oxygens (including phenoxy) is 1. The molecule has 2 aliphatic heterocycles. The van der Waals surface area contributed by atoms with Gasteiger partial charge in [-0.05, 0) is 25.2 Å². The van der Waals surface area contributed by atoms with E-state index >= 15 is 0 Å². The Labute approximate surface area is 101 Å². The Morgan fingerprint density at radius 2 is 2.29 bits per heavy atom. The largest absolute Gasteiger partial charge is 0.481 e. The molecule has 0 radical (unpaired) electrons. The van der Waals surface area contributed by atoms with Crippen LogP contribution in [-0.4, -0.2) is 48.2 Å². The van der Waals surface area contributed by atoms with E-state index in [9.17, 15) is 9.59 Å². The smallest absolute Gasteiger partial charge is 0.308 e. The fraction of sp³-hybridized carbons (Fsp3) is 0.833. The predicted molar refractivity (Wildman–Crippen MR) is 60.5 cm³/mol. The van der Waals surface area contributed by atoms with Crippen molar-refractivity contribution in [1.29, 1.82) is 0 Å². The number of carboxylic acids is 1. The molecule has 96 valence electrons. The van der Waals surface area contributed by atoms with E-state index in [1.165, 1.54) is 0 Å². The number of aliphatic carboxylic acids is 1. The first-order valence-corrected chi connectivity index (χ1v) is 6.25. The van der Waals surface area contributed by atoms with Gasteiger partial charge < -0.3 is 14.7 Å². The van der Waals surface area contributed by atoms with Gasteiger partial charge in [0, 0.05) is 26.1 Å².